The van der Waals surface area contributed by atoms with Gasteiger partial charge in [-0.2, -0.15) is 0 Å². The maximum atomic E-state index is 5.78. The SMILES string of the molecule is CC(C)NCc1ccccc1OCC#Cc1ccccc1. The van der Waals surface area contributed by atoms with E-state index in [-0.39, 0.29) is 0 Å². The molecule has 0 bridgehead atoms. The van der Waals surface area contributed by atoms with E-state index in [4.69, 9.17) is 4.74 Å². The van der Waals surface area contributed by atoms with E-state index in [0.29, 0.717) is 12.6 Å². The fourth-order valence-corrected chi connectivity index (χ4v) is 1.88. The Hall–Kier alpha value is -2.24. The molecule has 2 aromatic carbocycles. The predicted molar refractivity (Wildman–Crippen MR) is 87.2 cm³/mol. The van der Waals surface area contributed by atoms with Gasteiger partial charge < -0.3 is 10.1 Å². The van der Waals surface area contributed by atoms with Crippen molar-refractivity contribution in [2.75, 3.05) is 6.61 Å². The zero-order valence-electron chi connectivity index (χ0n) is 12.6. The van der Waals surface area contributed by atoms with Crippen molar-refractivity contribution >= 4 is 0 Å². The summed E-state index contributed by atoms with van der Waals surface area (Å²) in [5, 5.41) is 3.40. The Morgan fingerprint density at radius 1 is 1.00 bits per heavy atom. The molecule has 0 aliphatic rings. The lowest BCUT2D eigenvalue weighted by Gasteiger charge is -2.12. The summed E-state index contributed by atoms with van der Waals surface area (Å²) in [4.78, 5) is 0. The van der Waals surface area contributed by atoms with E-state index < -0.39 is 0 Å². The smallest absolute Gasteiger partial charge is 0.149 e. The van der Waals surface area contributed by atoms with Gasteiger partial charge in [-0.1, -0.05) is 62.1 Å². The molecule has 0 saturated heterocycles. The third-order valence-corrected chi connectivity index (χ3v) is 2.98. The minimum absolute atomic E-state index is 0.396. The first kappa shape index (κ1) is 15.2. The summed E-state index contributed by atoms with van der Waals surface area (Å²) < 4.78 is 5.78. The lowest BCUT2D eigenvalue weighted by Crippen LogP contribution is -2.22. The van der Waals surface area contributed by atoms with Crippen LogP contribution in [0.3, 0.4) is 0 Å². The van der Waals surface area contributed by atoms with Crippen LogP contribution in [0.4, 0.5) is 0 Å². The molecule has 0 saturated carbocycles. The van der Waals surface area contributed by atoms with Crippen molar-refractivity contribution in [3.8, 4) is 17.6 Å². The molecule has 2 nitrogen and oxygen atoms in total. The van der Waals surface area contributed by atoms with E-state index in [9.17, 15) is 0 Å². The zero-order chi connectivity index (χ0) is 14.9. The van der Waals surface area contributed by atoms with Crippen molar-refractivity contribution in [3.05, 3.63) is 65.7 Å². The monoisotopic (exact) mass is 279 g/mol. The molecule has 0 atom stereocenters. The van der Waals surface area contributed by atoms with Crippen molar-refractivity contribution < 1.29 is 4.74 Å². The standard InChI is InChI=1S/C19H21NO/c1-16(2)20-15-18-12-6-7-13-19(18)21-14-8-11-17-9-4-3-5-10-17/h3-7,9-10,12-13,16,20H,14-15H2,1-2H3. The van der Waals surface area contributed by atoms with E-state index in [0.717, 1.165) is 23.4 Å². The molecule has 0 aliphatic carbocycles. The Labute approximate surface area is 127 Å². The number of nitrogens with one attached hydrogen (secondary N) is 1. The molecular weight excluding hydrogens is 258 g/mol. The van der Waals surface area contributed by atoms with Crippen LogP contribution in [0.15, 0.2) is 54.6 Å². The second-order valence-electron chi connectivity index (χ2n) is 5.10. The summed E-state index contributed by atoms with van der Waals surface area (Å²) >= 11 is 0. The summed E-state index contributed by atoms with van der Waals surface area (Å²) in [6, 6.07) is 18.5. The molecule has 0 heterocycles. The average Bonchev–Trinajstić information content (AvgIpc) is 2.51. The summed E-state index contributed by atoms with van der Waals surface area (Å²) in [5.41, 5.74) is 2.17. The molecule has 2 heteroatoms. The third kappa shape index (κ3) is 5.33. The number of hydrogen-bond acceptors (Lipinski definition) is 2. The second-order valence-corrected chi connectivity index (χ2v) is 5.10. The maximum Gasteiger partial charge on any atom is 0.149 e. The van der Waals surface area contributed by atoms with Crippen LogP contribution in [0.2, 0.25) is 0 Å². The van der Waals surface area contributed by atoms with E-state index in [1.807, 2.05) is 48.5 Å². The summed E-state index contributed by atoms with van der Waals surface area (Å²) in [6.45, 7) is 5.47. The highest BCUT2D eigenvalue weighted by molar-refractivity contribution is 5.35. The molecule has 0 aliphatic heterocycles. The van der Waals surface area contributed by atoms with Gasteiger partial charge in [0, 0.05) is 23.7 Å². The first-order chi connectivity index (χ1) is 10.3. The van der Waals surface area contributed by atoms with E-state index in [1.165, 1.54) is 0 Å². The van der Waals surface area contributed by atoms with Crippen LogP contribution >= 0.6 is 0 Å². The van der Waals surface area contributed by atoms with E-state index >= 15 is 0 Å². The minimum Gasteiger partial charge on any atom is -0.481 e. The Kier molecular flexibility index (Phi) is 5.87. The van der Waals surface area contributed by atoms with Crippen LogP contribution in [0.25, 0.3) is 0 Å². The molecule has 108 valence electrons. The molecule has 0 fully saturated rings. The van der Waals surface area contributed by atoms with Crippen molar-refractivity contribution in [1.29, 1.82) is 0 Å². The highest BCUT2D eigenvalue weighted by Gasteiger charge is 2.02. The van der Waals surface area contributed by atoms with Crippen LogP contribution in [0, 0.1) is 11.8 Å². The van der Waals surface area contributed by atoms with Gasteiger partial charge in [0.1, 0.15) is 12.4 Å². The summed E-state index contributed by atoms with van der Waals surface area (Å²) in [6.07, 6.45) is 0. The molecule has 1 N–H and O–H groups in total. The first-order valence-corrected chi connectivity index (χ1v) is 7.23. The van der Waals surface area contributed by atoms with Crippen LogP contribution in [0.5, 0.6) is 5.75 Å². The van der Waals surface area contributed by atoms with Gasteiger partial charge in [-0.3, -0.25) is 0 Å². The lowest BCUT2D eigenvalue weighted by atomic mass is 10.2. The quantitative estimate of drug-likeness (QED) is 0.844. The van der Waals surface area contributed by atoms with Gasteiger partial charge in [-0.25, -0.2) is 0 Å². The molecule has 0 unspecified atom stereocenters. The van der Waals surface area contributed by atoms with Crippen molar-refractivity contribution in [3.63, 3.8) is 0 Å². The molecule has 21 heavy (non-hydrogen) atoms. The molecule has 0 spiro atoms. The largest absolute Gasteiger partial charge is 0.481 e. The highest BCUT2D eigenvalue weighted by Crippen LogP contribution is 2.17. The maximum absolute atomic E-state index is 5.78. The number of benzene rings is 2. The summed E-state index contributed by atoms with van der Waals surface area (Å²) in [5.74, 6) is 7.04. The van der Waals surface area contributed by atoms with Crippen molar-refractivity contribution in [2.24, 2.45) is 0 Å². The molecule has 0 aromatic heterocycles. The topological polar surface area (TPSA) is 21.3 Å². The van der Waals surface area contributed by atoms with Gasteiger partial charge in [0.05, 0.1) is 0 Å². The molecule has 2 rings (SSSR count). The van der Waals surface area contributed by atoms with Crippen molar-refractivity contribution in [2.45, 2.75) is 26.4 Å². The zero-order valence-corrected chi connectivity index (χ0v) is 12.6. The Morgan fingerprint density at radius 3 is 2.48 bits per heavy atom. The normalized spacial score (nSPS) is 10.0. The first-order valence-electron chi connectivity index (χ1n) is 7.23. The van der Waals surface area contributed by atoms with Gasteiger partial charge in [-0.05, 0) is 18.2 Å². The van der Waals surface area contributed by atoms with E-state index in [1.54, 1.807) is 0 Å². The number of para-hydroxylation sites is 1. The second kappa shape index (κ2) is 8.14. The summed E-state index contributed by atoms with van der Waals surface area (Å²) in [7, 11) is 0. The fraction of sp³-hybridized carbons (Fsp3) is 0.263. The molecular formula is C19H21NO. The fourth-order valence-electron chi connectivity index (χ4n) is 1.88. The van der Waals surface area contributed by atoms with Gasteiger partial charge in [0.15, 0.2) is 0 Å². The lowest BCUT2D eigenvalue weighted by molar-refractivity contribution is 0.364. The van der Waals surface area contributed by atoms with Gasteiger partial charge in [0.2, 0.25) is 0 Å². The van der Waals surface area contributed by atoms with Gasteiger partial charge in [0.25, 0.3) is 0 Å². The minimum atomic E-state index is 0.396. The predicted octanol–water partition coefficient (Wildman–Crippen LogP) is 3.62. The molecule has 0 radical (unpaired) electrons. The Balaban J connectivity index is 1.93. The Morgan fingerprint density at radius 2 is 1.71 bits per heavy atom. The van der Waals surface area contributed by atoms with E-state index in [2.05, 4.69) is 37.1 Å². The van der Waals surface area contributed by atoms with Crippen molar-refractivity contribution in [1.82, 2.24) is 5.32 Å². The Bertz CT molecular complexity index is 608. The van der Waals surface area contributed by atoms with Crippen LogP contribution in [-0.4, -0.2) is 12.6 Å². The van der Waals surface area contributed by atoms with Crippen LogP contribution in [0.1, 0.15) is 25.0 Å². The van der Waals surface area contributed by atoms with Crippen LogP contribution < -0.4 is 10.1 Å². The third-order valence-electron chi connectivity index (χ3n) is 2.98. The van der Waals surface area contributed by atoms with Gasteiger partial charge in [-0.15, -0.1) is 0 Å². The molecule has 0 amide bonds. The highest BCUT2D eigenvalue weighted by atomic mass is 16.5. The van der Waals surface area contributed by atoms with Gasteiger partial charge >= 0.3 is 0 Å². The number of ether oxygens (including phenoxy) is 1. The molecule has 2 aromatic rings. The van der Waals surface area contributed by atoms with Crippen LogP contribution in [-0.2, 0) is 6.54 Å². The average molecular weight is 279 g/mol. The number of rotatable bonds is 5. The number of hydrogen-bond donors (Lipinski definition) is 1.